The molecule has 10 heteroatoms. The van der Waals surface area contributed by atoms with Gasteiger partial charge in [0.2, 0.25) is 0 Å². The third-order valence-electron chi connectivity index (χ3n) is 5.48. The molecule has 0 unspecified atom stereocenters. The van der Waals surface area contributed by atoms with E-state index < -0.39 is 7.82 Å². The van der Waals surface area contributed by atoms with Crippen molar-refractivity contribution in [3.8, 4) is 17.2 Å². The van der Waals surface area contributed by atoms with Gasteiger partial charge in [0.15, 0.2) is 0 Å². The summed E-state index contributed by atoms with van der Waals surface area (Å²) in [7, 11) is -1.13. The summed E-state index contributed by atoms with van der Waals surface area (Å²) in [5.74, 6) is 1.57. The molecule has 0 fully saturated rings. The molecule has 0 saturated carbocycles. The number of hydrogen-bond acceptors (Lipinski definition) is 7. The molecule has 192 valence electrons. The molecule has 0 spiro atoms. The first-order valence-electron chi connectivity index (χ1n) is 11.9. The van der Waals surface area contributed by atoms with E-state index in [1.54, 1.807) is 12.1 Å². The Labute approximate surface area is 270 Å². The third-order valence-corrected chi connectivity index (χ3v) is 5.91. The number of rotatable bonds is 12. The van der Waals surface area contributed by atoms with Gasteiger partial charge in [-0.05, 0) is 91.7 Å². The largest absolute Gasteiger partial charge is 1.00 e. The molecule has 3 aromatic carbocycles. The SMILES string of the molecule is CCOc1ccc(C(CC)=C(c2ccc(OCCN(C)C)cc2)c2ccc(OP(=O)([O-])[O-])cc2)cc1.[Na+].[Na+]. The van der Waals surface area contributed by atoms with Gasteiger partial charge in [0.25, 0.3) is 0 Å². The average Bonchev–Trinajstić information content (AvgIpc) is 2.83. The maximum Gasteiger partial charge on any atom is 1.00 e. The molecule has 0 amide bonds. The number of allylic oxidation sites excluding steroid dienone is 1. The number of likely N-dealkylation sites (N-methyl/N-ethyl adjacent to an activating group) is 1. The fraction of sp³-hybridized carbons (Fsp3) is 0.286. The van der Waals surface area contributed by atoms with Crippen molar-refractivity contribution in [1.29, 1.82) is 0 Å². The van der Waals surface area contributed by atoms with Crippen LogP contribution in [-0.2, 0) is 4.57 Å². The fourth-order valence-corrected chi connectivity index (χ4v) is 4.21. The summed E-state index contributed by atoms with van der Waals surface area (Å²) < 4.78 is 27.0. The molecule has 0 saturated heterocycles. The Morgan fingerprint density at radius 1 is 0.737 bits per heavy atom. The van der Waals surface area contributed by atoms with Crippen molar-refractivity contribution in [2.75, 3.05) is 33.9 Å². The van der Waals surface area contributed by atoms with Crippen LogP contribution in [0, 0.1) is 0 Å². The van der Waals surface area contributed by atoms with Gasteiger partial charge >= 0.3 is 59.1 Å². The van der Waals surface area contributed by atoms with Crippen LogP contribution in [0.2, 0.25) is 0 Å². The molecule has 0 radical (unpaired) electrons. The van der Waals surface area contributed by atoms with Gasteiger partial charge in [0, 0.05) is 6.54 Å². The number of phosphoric ester groups is 1. The molecule has 0 aliphatic carbocycles. The van der Waals surface area contributed by atoms with Crippen LogP contribution in [0.15, 0.2) is 72.8 Å². The standard InChI is InChI=1S/C28H34NO6P.2Na/c1-5-27(21-7-13-24(14-8-21)33-6-2)28(23-11-17-26(18-12-23)35-36(30,31)32)22-9-15-25(16-10-22)34-20-19-29(3)4;;/h7-18H,5-6,19-20H2,1-4H3,(H2,30,31,32);;/q;2*+1/p-2. The normalized spacial score (nSPS) is 11.7. The number of hydrogen-bond donors (Lipinski definition) is 0. The Morgan fingerprint density at radius 2 is 1.18 bits per heavy atom. The molecule has 0 heterocycles. The second kappa shape index (κ2) is 16.9. The molecule has 0 bridgehead atoms. The van der Waals surface area contributed by atoms with E-state index in [0.29, 0.717) is 13.2 Å². The topological polar surface area (TPSA) is 94.1 Å². The number of benzene rings is 3. The van der Waals surface area contributed by atoms with Crippen molar-refractivity contribution in [2.45, 2.75) is 20.3 Å². The van der Waals surface area contributed by atoms with Crippen LogP contribution in [0.25, 0.3) is 11.1 Å². The smallest absolute Gasteiger partial charge is 0.780 e. The Bertz CT molecular complexity index is 1190. The zero-order valence-electron chi connectivity index (χ0n) is 23.1. The molecule has 0 N–H and O–H groups in total. The van der Waals surface area contributed by atoms with Gasteiger partial charge in [-0.3, -0.25) is 0 Å². The van der Waals surface area contributed by atoms with Gasteiger partial charge in [0.05, 0.1) is 6.61 Å². The monoisotopic (exact) mass is 555 g/mol. The third kappa shape index (κ3) is 10.8. The number of ether oxygens (including phenoxy) is 2. The molecule has 3 rings (SSSR count). The van der Waals surface area contributed by atoms with Crippen LogP contribution in [0.5, 0.6) is 17.2 Å². The van der Waals surface area contributed by atoms with E-state index in [0.717, 1.165) is 52.3 Å². The van der Waals surface area contributed by atoms with Gasteiger partial charge < -0.3 is 33.2 Å². The molecule has 38 heavy (non-hydrogen) atoms. The van der Waals surface area contributed by atoms with Gasteiger partial charge in [-0.25, -0.2) is 0 Å². The Kier molecular flexibility index (Phi) is 15.5. The van der Waals surface area contributed by atoms with Crippen LogP contribution < -0.4 is 82.9 Å². The quantitative estimate of drug-likeness (QED) is 0.154. The molecule has 0 atom stereocenters. The van der Waals surface area contributed by atoms with E-state index in [2.05, 4.69) is 16.3 Å². The predicted octanol–water partition coefficient (Wildman–Crippen LogP) is -1.39. The van der Waals surface area contributed by atoms with E-state index in [1.165, 1.54) is 12.1 Å². The van der Waals surface area contributed by atoms with Crippen LogP contribution >= 0.6 is 7.82 Å². The minimum atomic E-state index is -5.13. The summed E-state index contributed by atoms with van der Waals surface area (Å²) in [6.07, 6.45) is 0.749. The Balaban J connectivity index is 0.00000361. The van der Waals surface area contributed by atoms with Gasteiger partial charge in [-0.15, -0.1) is 0 Å². The molecular formula is C28H32NNa2O6P. The van der Waals surface area contributed by atoms with Crippen LogP contribution in [0.4, 0.5) is 0 Å². The fourth-order valence-electron chi connectivity index (χ4n) is 3.83. The summed E-state index contributed by atoms with van der Waals surface area (Å²) >= 11 is 0. The van der Waals surface area contributed by atoms with Crippen LogP contribution in [0.3, 0.4) is 0 Å². The van der Waals surface area contributed by atoms with E-state index in [-0.39, 0.29) is 64.9 Å². The first kappa shape index (κ1) is 34.9. The molecule has 0 aliphatic rings. The zero-order valence-corrected chi connectivity index (χ0v) is 28.0. The van der Waals surface area contributed by atoms with Crippen molar-refractivity contribution in [2.24, 2.45) is 0 Å². The van der Waals surface area contributed by atoms with Crippen molar-refractivity contribution < 1.29 is 87.5 Å². The number of nitrogens with zero attached hydrogens (tertiary/aromatic N) is 1. The zero-order chi connectivity index (χ0) is 26.1. The maximum atomic E-state index is 11.0. The van der Waals surface area contributed by atoms with E-state index in [9.17, 15) is 14.4 Å². The first-order valence-corrected chi connectivity index (χ1v) is 13.3. The van der Waals surface area contributed by atoms with Crippen molar-refractivity contribution in [3.05, 3.63) is 89.5 Å². The molecule has 0 aromatic heterocycles. The molecule has 3 aromatic rings. The van der Waals surface area contributed by atoms with Gasteiger partial charge in [-0.2, -0.15) is 0 Å². The minimum absolute atomic E-state index is 0. The van der Waals surface area contributed by atoms with E-state index >= 15 is 0 Å². The minimum Gasteiger partial charge on any atom is -0.780 e. The van der Waals surface area contributed by atoms with E-state index in [4.69, 9.17) is 9.47 Å². The second-order valence-electron chi connectivity index (χ2n) is 8.40. The molecular weight excluding hydrogens is 523 g/mol. The first-order chi connectivity index (χ1) is 17.2. The van der Waals surface area contributed by atoms with Crippen molar-refractivity contribution >= 4 is 19.0 Å². The predicted molar refractivity (Wildman–Crippen MR) is 139 cm³/mol. The Hall–Kier alpha value is -1.09. The maximum absolute atomic E-state index is 11.0. The second-order valence-corrected chi connectivity index (χ2v) is 9.48. The van der Waals surface area contributed by atoms with Gasteiger partial charge in [0.1, 0.15) is 31.7 Å². The summed E-state index contributed by atoms with van der Waals surface area (Å²) in [4.78, 5) is 24.1. The van der Waals surface area contributed by atoms with Crippen LogP contribution in [-0.4, -0.2) is 38.8 Å². The Morgan fingerprint density at radius 3 is 1.61 bits per heavy atom. The van der Waals surface area contributed by atoms with Crippen molar-refractivity contribution in [1.82, 2.24) is 4.90 Å². The summed E-state index contributed by atoms with van der Waals surface area (Å²) in [5.41, 5.74) is 4.98. The molecule has 0 aliphatic heterocycles. The average molecular weight is 556 g/mol. The van der Waals surface area contributed by atoms with Gasteiger partial charge in [-0.1, -0.05) is 43.3 Å². The van der Waals surface area contributed by atoms with Crippen molar-refractivity contribution in [3.63, 3.8) is 0 Å². The summed E-state index contributed by atoms with van der Waals surface area (Å²) in [6, 6.07) is 22.4. The van der Waals surface area contributed by atoms with Crippen LogP contribution in [0.1, 0.15) is 37.0 Å². The number of phosphoric acid groups is 1. The summed E-state index contributed by atoms with van der Waals surface area (Å²) in [5, 5.41) is 0. The van der Waals surface area contributed by atoms with E-state index in [1.807, 2.05) is 69.6 Å². The summed E-state index contributed by atoms with van der Waals surface area (Å²) in [6.45, 7) is 6.04. The molecule has 7 nitrogen and oxygen atoms in total.